The molecule has 0 aliphatic rings. The Morgan fingerprint density at radius 3 is 1.60 bits per heavy atom. The van der Waals surface area contributed by atoms with Crippen LogP contribution in [0.3, 0.4) is 0 Å². The number of halogens is 2. The molecule has 0 aliphatic carbocycles. The number of hydrogen-bond acceptors (Lipinski definition) is 11. The summed E-state index contributed by atoms with van der Waals surface area (Å²) < 4.78 is 8.91. The minimum atomic E-state index is -0.833. The molecule has 0 heterocycles. The van der Waals surface area contributed by atoms with Gasteiger partial charge in [-0.15, -0.1) is 25.6 Å². The zero-order valence-electron chi connectivity index (χ0n) is 22.6. The second-order valence-electron chi connectivity index (χ2n) is 7.61. The predicted molar refractivity (Wildman–Crippen MR) is 157 cm³/mol. The maximum atomic E-state index is 11.9. The molecule has 14 nitrogen and oxygen atoms in total. The fraction of sp³-hybridized carbons (Fsp3) is 0.231. The largest absolute Gasteiger partial charge is 0.468 e. The third-order valence-electron chi connectivity index (χ3n) is 4.76. The Hall–Kier alpha value is -4.66. The predicted octanol–water partition coefficient (Wildman–Crippen LogP) is 3.90. The topological polar surface area (TPSA) is 211 Å². The van der Waals surface area contributed by atoms with E-state index in [1.165, 1.54) is 68.8 Å². The number of nitro groups is 2. The van der Waals surface area contributed by atoms with Crippen molar-refractivity contribution in [1.29, 1.82) is 0 Å². The quantitative estimate of drug-likeness (QED) is 0.120. The van der Waals surface area contributed by atoms with Gasteiger partial charge in [0, 0.05) is 35.4 Å². The Bertz CT molecular complexity index is 1210. The van der Waals surface area contributed by atoms with Gasteiger partial charge < -0.3 is 20.5 Å². The van der Waals surface area contributed by atoms with Crippen LogP contribution in [0.25, 0.3) is 0 Å². The summed E-state index contributed by atoms with van der Waals surface area (Å²) >= 11 is 5.13. The van der Waals surface area contributed by atoms with Gasteiger partial charge in [-0.3, -0.25) is 34.6 Å². The van der Waals surface area contributed by atoms with E-state index in [0.29, 0.717) is 6.42 Å². The summed E-state index contributed by atoms with van der Waals surface area (Å²) in [7, 11) is 2.53. The summed E-state index contributed by atoms with van der Waals surface area (Å²) in [6.45, 7) is 6.92. The van der Waals surface area contributed by atoms with Crippen molar-refractivity contribution in [2.45, 2.75) is 24.9 Å². The van der Waals surface area contributed by atoms with Gasteiger partial charge in [0.15, 0.2) is 0 Å². The van der Waals surface area contributed by atoms with E-state index in [4.69, 9.17) is 17.3 Å². The second kappa shape index (κ2) is 21.1. The average molecular weight is 629 g/mol. The first-order valence-electron chi connectivity index (χ1n) is 11.4. The van der Waals surface area contributed by atoms with E-state index >= 15 is 0 Å². The maximum Gasteiger partial charge on any atom is 0.328 e. The van der Waals surface area contributed by atoms with Gasteiger partial charge in [-0.2, -0.15) is 0 Å². The number of nitrogens with one attached hydrogen (secondary N) is 1. The summed E-state index contributed by atoms with van der Waals surface area (Å²) in [6, 6.07) is 8.77. The third kappa shape index (κ3) is 14.6. The smallest absolute Gasteiger partial charge is 0.328 e. The van der Waals surface area contributed by atoms with Crippen molar-refractivity contribution >= 4 is 58.5 Å². The first-order valence-corrected chi connectivity index (χ1v) is 11.8. The number of carbonyl (C=O) groups excluding carboxylic acids is 4. The van der Waals surface area contributed by atoms with Crippen LogP contribution in [-0.4, -0.2) is 59.2 Å². The third-order valence-corrected chi connectivity index (χ3v) is 4.98. The lowest BCUT2D eigenvalue weighted by Gasteiger charge is -2.14. The summed E-state index contributed by atoms with van der Waals surface area (Å²) in [5, 5.41) is 22.5. The number of nitro benzene ring substituents is 2. The zero-order chi connectivity index (χ0) is 31.5. The number of nitrogens with two attached hydrogens (primary N) is 1. The van der Waals surface area contributed by atoms with Gasteiger partial charge in [-0.1, -0.05) is 12.2 Å². The van der Waals surface area contributed by atoms with Crippen LogP contribution in [0.1, 0.15) is 33.6 Å². The molecule has 0 radical (unpaired) electrons. The Balaban J connectivity index is 0. The van der Waals surface area contributed by atoms with Crippen LogP contribution in [0.2, 0.25) is 0 Å². The number of ether oxygens (including phenoxy) is 2. The monoisotopic (exact) mass is 628 g/mol. The van der Waals surface area contributed by atoms with Gasteiger partial charge in [-0.25, -0.2) is 4.79 Å². The number of rotatable bonds is 11. The number of methoxy groups -OCH3 is 2. The molecule has 3 N–H and O–H groups in total. The minimum absolute atomic E-state index is 0. The van der Waals surface area contributed by atoms with Crippen molar-refractivity contribution in [2.24, 2.45) is 5.73 Å². The Morgan fingerprint density at radius 2 is 1.26 bits per heavy atom. The van der Waals surface area contributed by atoms with Gasteiger partial charge in [0.25, 0.3) is 22.5 Å². The van der Waals surface area contributed by atoms with E-state index in [1.807, 2.05) is 0 Å². The van der Waals surface area contributed by atoms with E-state index < -0.39 is 45.0 Å². The lowest BCUT2D eigenvalue weighted by atomic mass is 10.1. The molecule has 0 saturated heterocycles. The molecule has 0 aliphatic heterocycles. The fourth-order valence-corrected chi connectivity index (χ4v) is 2.77. The van der Waals surface area contributed by atoms with Crippen LogP contribution in [0.15, 0.2) is 73.8 Å². The number of hydrogen-bond donors (Lipinski definition) is 2. The van der Waals surface area contributed by atoms with Gasteiger partial charge in [0.1, 0.15) is 12.1 Å². The summed E-state index contributed by atoms with van der Waals surface area (Å²) in [5.41, 5.74) is 5.59. The van der Waals surface area contributed by atoms with Gasteiger partial charge >= 0.3 is 11.9 Å². The summed E-state index contributed by atoms with van der Waals surface area (Å²) in [4.78, 5) is 64.0. The molecule has 0 bridgehead atoms. The van der Waals surface area contributed by atoms with Crippen molar-refractivity contribution in [3.05, 3.63) is 105 Å². The first-order chi connectivity index (χ1) is 19.3. The summed E-state index contributed by atoms with van der Waals surface area (Å²) in [6.07, 6.45) is 3.76. The molecular weight excluding hydrogens is 599 g/mol. The van der Waals surface area contributed by atoms with E-state index in [0.717, 1.165) is 0 Å². The SMILES string of the molecule is C=CC[C@H](N)C(=O)OC.C=CC[C@H](NC(=O)c1ccc([N+](=O)[O-])cc1)C(=O)OC.Cl.O=C(Cl)c1ccc([N+](=O)[O-])cc1. The molecule has 2 aromatic rings. The van der Waals surface area contributed by atoms with Crippen LogP contribution < -0.4 is 11.1 Å². The molecular formula is C26H30Cl2N4O10. The highest BCUT2D eigenvalue weighted by Crippen LogP contribution is 2.13. The highest BCUT2D eigenvalue weighted by Gasteiger charge is 2.21. The number of benzene rings is 2. The zero-order valence-corrected chi connectivity index (χ0v) is 24.2. The highest BCUT2D eigenvalue weighted by atomic mass is 35.5. The number of esters is 2. The molecule has 0 saturated carbocycles. The molecule has 228 valence electrons. The van der Waals surface area contributed by atoms with Crippen LogP contribution in [0.4, 0.5) is 11.4 Å². The van der Waals surface area contributed by atoms with E-state index in [9.17, 15) is 39.4 Å². The molecule has 2 rings (SSSR count). The molecule has 0 aromatic heterocycles. The highest BCUT2D eigenvalue weighted by molar-refractivity contribution is 6.67. The second-order valence-corrected chi connectivity index (χ2v) is 7.95. The fourth-order valence-electron chi connectivity index (χ4n) is 2.64. The van der Waals surface area contributed by atoms with Crippen LogP contribution >= 0.6 is 24.0 Å². The van der Waals surface area contributed by atoms with Crippen molar-refractivity contribution in [3.8, 4) is 0 Å². The standard InChI is InChI=1S/C13H14N2O5.C7H4ClNO3.C6H11NO2.ClH/c1-3-4-11(13(17)20-2)14-12(16)9-5-7-10(8-6-9)15(18)19;8-7(10)5-1-3-6(4-2-5)9(11)12;1-3-4-5(7)6(8)9-2;/h3,5-8,11H,1,4H2,2H3,(H,14,16);1-4H;3,5H,1,4,7H2,2H3;1H/t11-;;5-;/m0.0./s1. The molecule has 1 amide bonds. The van der Waals surface area contributed by atoms with Crippen molar-refractivity contribution in [2.75, 3.05) is 14.2 Å². The van der Waals surface area contributed by atoms with Crippen LogP contribution in [0, 0.1) is 20.2 Å². The average Bonchev–Trinajstić information content (AvgIpc) is 2.96. The van der Waals surface area contributed by atoms with E-state index in [2.05, 4.69) is 27.9 Å². The lowest BCUT2D eigenvalue weighted by molar-refractivity contribution is -0.385. The number of amides is 1. The molecule has 2 aromatic carbocycles. The normalized spacial score (nSPS) is 10.7. The lowest BCUT2D eigenvalue weighted by Crippen LogP contribution is -2.41. The molecule has 0 spiro atoms. The Morgan fingerprint density at radius 1 is 0.857 bits per heavy atom. The first kappa shape index (κ1) is 39.5. The minimum Gasteiger partial charge on any atom is -0.468 e. The molecule has 42 heavy (non-hydrogen) atoms. The molecule has 16 heteroatoms. The van der Waals surface area contributed by atoms with Gasteiger partial charge in [0.2, 0.25) is 0 Å². The van der Waals surface area contributed by atoms with Gasteiger partial charge in [0.05, 0.1) is 24.1 Å². The Kier molecular flexibility index (Phi) is 19.9. The Labute approximate surface area is 252 Å². The maximum absolute atomic E-state index is 11.9. The molecule has 0 unspecified atom stereocenters. The van der Waals surface area contributed by atoms with Crippen LogP contribution in [-0.2, 0) is 19.1 Å². The van der Waals surface area contributed by atoms with Crippen molar-refractivity contribution < 1.29 is 38.5 Å². The van der Waals surface area contributed by atoms with Crippen molar-refractivity contribution in [3.63, 3.8) is 0 Å². The van der Waals surface area contributed by atoms with Crippen LogP contribution in [0.5, 0.6) is 0 Å². The van der Waals surface area contributed by atoms with Gasteiger partial charge in [-0.05, 0) is 48.7 Å². The number of carbonyl (C=O) groups is 4. The number of non-ortho nitro benzene ring substituents is 2. The summed E-state index contributed by atoms with van der Waals surface area (Å²) in [5.74, 6) is -1.49. The molecule has 0 fully saturated rings. The van der Waals surface area contributed by atoms with E-state index in [-0.39, 0.29) is 41.3 Å². The van der Waals surface area contributed by atoms with Crippen molar-refractivity contribution in [1.82, 2.24) is 5.32 Å². The number of nitrogens with zero attached hydrogens (tertiary/aromatic N) is 2. The molecule has 2 atom stereocenters. The van der Waals surface area contributed by atoms with E-state index in [1.54, 1.807) is 6.08 Å².